The van der Waals surface area contributed by atoms with Gasteiger partial charge in [-0.1, -0.05) is 36.4 Å². The molecule has 2 aromatic carbocycles. The fraction of sp³-hybridized carbons (Fsp3) is 0. The number of nitriles is 1. The molecule has 0 unspecified atom stereocenters. The zero-order chi connectivity index (χ0) is 17.2. The summed E-state index contributed by atoms with van der Waals surface area (Å²) >= 11 is 1.54. The van der Waals surface area contributed by atoms with E-state index in [0.29, 0.717) is 17.1 Å². The number of rotatable bonds is 3. The highest BCUT2D eigenvalue weighted by Gasteiger charge is 2.11. The minimum atomic E-state index is 0.549. The number of aromatic amines is 1. The van der Waals surface area contributed by atoms with Crippen LogP contribution in [0.5, 0.6) is 0 Å². The molecule has 0 amide bonds. The summed E-state index contributed by atoms with van der Waals surface area (Å²) in [5.41, 5.74) is 11.0. The Labute approximate surface area is 147 Å². The monoisotopic (exact) mass is 344 g/mol. The van der Waals surface area contributed by atoms with Gasteiger partial charge >= 0.3 is 0 Å². The van der Waals surface area contributed by atoms with Crippen LogP contribution >= 0.6 is 11.3 Å². The van der Waals surface area contributed by atoms with Crippen LogP contribution in [0.25, 0.3) is 33.0 Å². The van der Waals surface area contributed by atoms with Gasteiger partial charge < -0.3 is 5.73 Å². The third-order valence-corrected chi connectivity index (χ3v) is 4.87. The van der Waals surface area contributed by atoms with E-state index in [1.54, 1.807) is 0 Å². The van der Waals surface area contributed by atoms with Crippen molar-refractivity contribution in [3.63, 3.8) is 0 Å². The standard InChI is InChI=1S/C18H12N6S/c19-10-14-9-13(5-6-15(14)17-16(20)7-8-25-17)11-1-3-12(4-2-11)18-21-23-24-22-18/h1-9H,20H2,(H,21,22,23,24). The lowest BCUT2D eigenvalue weighted by Gasteiger charge is -2.07. The first-order chi connectivity index (χ1) is 12.3. The average Bonchev–Trinajstić information content (AvgIpc) is 3.33. The molecule has 25 heavy (non-hydrogen) atoms. The number of tetrazole rings is 1. The van der Waals surface area contributed by atoms with Crippen molar-refractivity contribution in [1.82, 2.24) is 20.6 Å². The predicted octanol–water partition coefficient (Wildman–Crippen LogP) is 3.72. The van der Waals surface area contributed by atoms with Crippen LogP contribution in [0.15, 0.2) is 53.9 Å². The number of thiophene rings is 1. The second-order valence-electron chi connectivity index (χ2n) is 5.39. The Bertz CT molecular complexity index is 1060. The van der Waals surface area contributed by atoms with Crippen molar-refractivity contribution >= 4 is 17.0 Å². The van der Waals surface area contributed by atoms with Crippen LogP contribution in [0, 0.1) is 11.3 Å². The number of nitrogens with one attached hydrogen (secondary N) is 1. The number of hydrogen-bond acceptors (Lipinski definition) is 6. The van der Waals surface area contributed by atoms with Gasteiger partial charge in [-0.3, -0.25) is 0 Å². The van der Waals surface area contributed by atoms with E-state index in [1.807, 2.05) is 53.9 Å². The molecule has 0 saturated carbocycles. The zero-order valence-electron chi connectivity index (χ0n) is 13.0. The molecule has 0 aliphatic rings. The molecule has 4 rings (SSSR count). The summed E-state index contributed by atoms with van der Waals surface area (Å²) < 4.78 is 0. The number of nitrogens with zero attached hydrogens (tertiary/aromatic N) is 4. The van der Waals surface area contributed by atoms with Crippen LogP contribution in [0.1, 0.15) is 5.56 Å². The predicted molar refractivity (Wildman–Crippen MR) is 97.5 cm³/mol. The molecule has 0 fully saturated rings. The fourth-order valence-electron chi connectivity index (χ4n) is 2.65. The average molecular weight is 344 g/mol. The second kappa shape index (κ2) is 6.19. The van der Waals surface area contributed by atoms with Gasteiger partial charge in [0, 0.05) is 11.1 Å². The smallest absolute Gasteiger partial charge is 0.204 e. The number of H-pyrrole nitrogens is 1. The minimum Gasteiger partial charge on any atom is -0.398 e. The number of nitrogens with two attached hydrogens (primary N) is 1. The van der Waals surface area contributed by atoms with E-state index in [4.69, 9.17) is 5.73 Å². The van der Waals surface area contributed by atoms with Gasteiger partial charge in [0.25, 0.3) is 0 Å². The first-order valence-electron chi connectivity index (χ1n) is 7.48. The van der Waals surface area contributed by atoms with E-state index in [1.165, 1.54) is 11.3 Å². The van der Waals surface area contributed by atoms with Gasteiger partial charge in [0.1, 0.15) is 0 Å². The zero-order valence-corrected chi connectivity index (χ0v) is 13.8. The maximum atomic E-state index is 9.54. The minimum absolute atomic E-state index is 0.549. The lowest BCUT2D eigenvalue weighted by molar-refractivity contribution is 0.881. The lowest BCUT2D eigenvalue weighted by atomic mass is 9.98. The molecule has 120 valence electrons. The summed E-state index contributed by atoms with van der Waals surface area (Å²) in [5, 5.41) is 25.4. The summed E-state index contributed by atoms with van der Waals surface area (Å²) in [7, 11) is 0. The summed E-state index contributed by atoms with van der Waals surface area (Å²) in [5.74, 6) is 0.549. The molecule has 3 N–H and O–H groups in total. The third-order valence-electron chi connectivity index (χ3n) is 3.90. The van der Waals surface area contributed by atoms with E-state index >= 15 is 0 Å². The van der Waals surface area contributed by atoms with Crippen LogP contribution in [0.2, 0.25) is 0 Å². The number of hydrogen-bond donors (Lipinski definition) is 2. The fourth-order valence-corrected chi connectivity index (χ4v) is 3.51. The SMILES string of the molecule is N#Cc1cc(-c2ccc(-c3nn[nH]n3)cc2)ccc1-c1sccc1N. The molecule has 7 heteroatoms. The van der Waals surface area contributed by atoms with Gasteiger partial charge in [0.15, 0.2) is 0 Å². The molecular formula is C18H12N6S. The van der Waals surface area contributed by atoms with Crippen molar-refractivity contribution < 1.29 is 0 Å². The van der Waals surface area contributed by atoms with Crippen molar-refractivity contribution in [1.29, 1.82) is 5.26 Å². The largest absolute Gasteiger partial charge is 0.398 e. The molecule has 0 bridgehead atoms. The normalized spacial score (nSPS) is 10.5. The summed E-state index contributed by atoms with van der Waals surface area (Å²) in [6.07, 6.45) is 0. The van der Waals surface area contributed by atoms with E-state index in [9.17, 15) is 5.26 Å². The maximum absolute atomic E-state index is 9.54. The molecule has 6 nitrogen and oxygen atoms in total. The van der Waals surface area contributed by atoms with E-state index in [2.05, 4.69) is 26.7 Å². The Balaban J connectivity index is 1.72. The summed E-state index contributed by atoms with van der Waals surface area (Å²) in [4.78, 5) is 0.926. The van der Waals surface area contributed by atoms with Crippen LogP contribution in [-0.4, -0.2) is 20.6 Å². The van der Waals surface area contributed by atoms with Crippen molar-refractivity contribution in [2.45, 2.75) is 0 Å². The summed E-state index contributed by atoms with van der Waals surface area (Å²) in [6.45, 7) is 0. The van der Waals surface area contributed by atoms with Gasteiger partial charge in [0.05, 0.1) is 22.2 Å². The van der Waals surface area contributed by atoms with Gasteiger partial charge in [0.2, 0.25) is 5.82 Å². The maximum Gasteiger partial charge on any atom is 0.204 e. The molecule has 0 radical (unpaired) electrons. The highest BCUT2D eigenvalue weighted by atomic mass is 32.1. The van der Waals surface area contributed by atoms with Crippen LogP contribution in [0.3, 0.4) is 0 Å². The van der Waals surface area contributed by atoms with Crippen LogP contribution in [0.4, 0.5) is 5.69 Å². The highest BCUT2D eigenvalue weighted by Crippen LogP contribution is 2.35. The number of aromatic nitrogens is 4. The van der Waals surface area contributed by atoms with Crippen molar-refractivity contribution in [3.8, 4) is 39.0 Å². The number of nitrogen functional groups attached to an aromatic ring is 1. The topological polar surface area (TPSA) is 104 Å². The third kappa shape index (κ3) is 2.75. The quantitative estimate of drug-likeness (QED) is 0.589. The van der Waals surface area contributed by atoms with E-state index < -0.39 is 0 Å². The lowest BCUT2D eigenvalue weighted by Crippen LogP contribution is -1.89. The Morgan fingerprint density at radius 2 is 1.76 bits per heavy atom. The van der Waals surface area contributed by atoms with Gasteiger partial charge in [-0.25, -0.2) is 0 Å². The molecular weight excluding hydrogens is 332 g/mol. The Kier molecular flexibility index (Phi) is 3.72. The van der Waals surface area contributed by atoms with Crippen LogP contribution < -0.4 is 5.73 Å². The Morgan fingerprint density at radius 1 is 1.00 bits per heavy atom. The molecule has 0 aliphatic heterocycles. The number of anilines is 1. The Hall–Kier alpha value is -3.50. The first-order valence-corrected chi connectivity index (χ1v) is 8.36. The molecule has 2 heterocycles. The molecule has 0 saturated heterocycles. The molecule has 0 spiro atoms. The van der Waals surface area contributed by atoms with Gasteiger partial charge in [-0.2, -0.15) is 10.5 Å². The van der Waals surface area contributed by atoms with Crippen molar-refractivity contribution in [2.75, 3.05) is 5.73 Å². The summed E-state index contributed by atoms with van der Waals surface area (Å²) in [6, 6.07) is 17.8. The van der Waals surface area contributed by atoms with Crippen molar-refractivity contribution in [3.05, 3.63) is 59.5 Å². The van der Waals surface area contributed by atoms with Crippen LogP contribution in [-0.2, 0) is 0 Å². The molecule has 0 atom stereocenters. The molecule has 4 aromatic rings. The second-order valence-corrected chi connectivity index (χ2v) is 6.31. The van der Waals surface area contributed by atoms with Crippen molar-refractivity contribution in [2.24, 2.45) is 0 Å². The van der Waals surface area contributed by atoms with E-state index in [-0.39, 0.29) is 0 Å². The molecule has 2 aromatic heterocycles. The van der Waals surface area contributed by atoms with E-state index in [0.717, 1.165) is 27.1 Å². The molecule has 0 aliphatic carbocycles. The highest BCUT2D eigenvalue weighted by molar-refractivity contribution is 7.14. The number of benzene rings is 2. The Morgan fingerprint density at radius 3 is 2.40 bits per heavy atom. The first kappa shape index (κ1) is 15.1. The van der Waals surface area contributed by atoms with Gasteiger partial charge in [-0.05, 0) is 33.9 Å². The van der Waals surface area contributed by atoms with Gasteiger partial charge in [-0.15, -0.1) is 21.5 Å².